The number of ether oxygens (including phenoxy) is 1. The monoisotopic (exact) mass is 320 g/mol. The lowest BCUT2D eigenvalue weighted by Crippen LogP contribution is -3.00. The predicted octanol–water partition coefficient (Wildman–Crippen LogP) is -0.0408. The van der Waals surface area contributed by atoms with Crippen LogP contribution in [0.3, 0.4) is 0 Å². The van der Waals surface area contributed by atoms with Gasteiger partial charge in [-0.05, 0) is 24.3 Å². The minimum Gasteiger partial charge on any atom is -1.00 e. The molecule has 1 aromatic carbocycles. The van der Waals surface area contributed by atoms with Crippen molar-refractivity contribution >= 4 is 27.2 Å². The molecule has 1 aliphatic carbocycles. The largest absolute Gasteiger partial charge is 1.00 e. The van der Waals surface area contributed by atoms with Crippen molar-refractivity contribution in [1.82, 2.24) is 4.98 Å². The molecule has 6 heteroatoms. The molecule has 0 aromatic heterocycles. The molecule has 0 spiro atoms. The number of hydrogen-bond acceptors (Lipinski definition) is 5. The van der Waals surface area contributed by atoms with E-state index in [0.29, 0.717) is 11.1 Å². The summed E-state index contributed by atoms with van der Waals surface area (Å²) in [5.74, 6) is 0.557. The highest BCUT2D eigenvalue weighted by Crippen LogP contribution is 2.32. The Bertz CT molecular complexity index is 816. The number of benzene rings is 2. The SMILES string of the molecule is COc1cc2nc3ccc(N(C)C)cc3sc-2cc1=N.[Cl-]. The topological polar surface area (TPSA) is 49.2 Å². The Morgan fingerprint density at radius 1 is 1.19 bits per heavy atom. The standard InChI is InChI=1S/C15H15N3OS.ClH/c1-18(2)9-4-5-11-14(6-9)20-15-7-10(16)13(19-3)8-12(15)17-11;/h4-8,16H,1-3H3;1H/p-1. The second-order valence-electron chi connectivity index (χ2n) is 4.78. The van der Waals surface area contributed by atoms with Gasteiger partial charge >= 0.3 is 0 Å². The molecule has 0 amide bonds. The smallest absolute Gasteiger partial charge is 0.145 e. The van der Waals surface area contributed by atoms with Crippen molar-refractivity contribution in [3.63, 3.8) is 0 Å². The molecule has 0 bridgehead atoms. The van der Waals surface area contributed by atoms with E-state index in [1.165, 1.54) is 0 Å². The first-order chi connectivity index (χ1) is 9.58. The number of methoxy groups -OCH3 is 1. The van der Waals surface area contributed by atoms with Gasteiger partial charge in [-0.25, -0.2) is 4.98 Å². The molecule has 21 heavy (non-hydrogen) atoms. The summed E-state index contributed by atoms with van der Waals surface area (Å²) < 4.78 is 6.30. The second kappa shape index (κ2) is 5.87. The zero-order valence-corrected chi connectivity index (χ0v) is 13.5. The Balaban J connectivity index is 0.00000161. The van der Waals surface area contributed by atoms with Crippen molar-refractivity contribution in [2.75, 3.05) is 26.1 Å². The summed E-state index contributed by atoms with van der Waals surface area (Å²) >= 11 is 1.65. The van der Waals surface area contributed by atoms with Crippen molar-refractivity contribution in [3.05, 3.63) is 35.7 Å². The van der Waals surface area contributed by atoms with Crippen molar-refractivity contribution in [3.8, 4) is 16.3 Å². The molecule has 1 N–H and O–H groups in total. The van der Waals surface area contributed by atoms with E-state index < -0.39 is 0 Å². The Morgan fingerprint density at radius 3 is 2.62 bits per heavy atom. The molecule has 1 heterocycles. The summed E-state index contributed by atoms with van der Waals surface area (Å²) in [4.78, 5) is 7.73. The molecule has 0 fully saturated rings. The number of hydrogen-bond donors (Lipinski definition) is 1. The lowest BCUT2D eigenvalue weighted by molar-refractivity contribution is -0.00000454. The van der Waals surface area contributed by atoms with Gasteiger partial charge in [0.2, 0.25) is 0 Å². The molecule has 0 radical (unpaired) electrons. The summed E-state index contributed by atoms with van der Waals surface area (Å²) in [7, 11) is 5.62. The normalized spacial score (nSPS) is 10.4. The third-order valence-corrected chi connectivity index (χ3v) is 4.30. The molecule has 0 unspecified atom stereocenters. The van der Waals surface area contributed by atoms with Gasteiger partial charge < -0.3 is 22.0 Å². The maximum absolute atomic E-state index is 7.92. The number of fused-ring (bicyclic) bond motifs is 2. The third kappa shape index (κ3) is 2.80. The third-order valence-electron chi connectivity index (χ3n) is 3.20. The summed E-state index contributed by atoms with van der Waals surface area (Å²) in [5, 5.41) is 8.31. The van der Waals surface area contributed by atoms with Crippen LogP contribution in [0.4, 0.5) is 5.69 Å². The van der Waals surface area contributed by atoms with E-state index in [1.807, 2.05) is 32.3 Å². The van der Waals surface area contributed by atoms with Gasteiger partial charge in [0, 0.05) is 25.8 Å². The second-order valence-corrected chi connectivity index (χ2v) is 5.86. The first-order valence-electron chi connectivity index (χ1n) is 6.23. The van der Waals surface area contributed by atoms with E-state index in [4.69, 9.17) is 10.1 Å². The predicted molar refractivity (Wildman–Crippen MR) is 83.0 cm³/mol. The Morgan fingerprint density at radius 2 is 1.95 bits per heavy atom. The van der Waals surface area contributed by atoms with Crippen LogP contribution in [-0.4, -0.2) is 26.2 Å². The first-order valence-corrected chi connectivity index (χ1v) is 7.05. The zero-order valence-electron chi connectivity index (χ0n) is 12.0. The van der Waals surface area contributed by atoms with Crippen LogP contribution >= 0.6 is 11.3 Å². The highest BCUT2D eigenvalue weighted by atomic mass is 35.5. The maximum atomic E-state index is 7.92. The lowest BCUT2D eigenvalue weighted by Gasteiger charge is -2.14. The number of rotatable bonds is 2. The van der Waals surface area contributed by atoms with Crippen LogP contribution in [0.15, 0.2) is 30.3 Å². The molecule has 1 aromatic rings. The summed E-state index contributed by atoms with van der Waals surface area (Å²) in [6.07, 6.45) is 0. The van der Waals surface area contributed by atoms with Crippen LogP contribution in [-0.2, 0) is 0 Å². The molecular weight excluding hydrogens is 306 g/mol. The van der Waals surface area contributed by atoms with E-state index in [-0.39, 0.29) is 12.4 Å². The van der Waals surface area contributed by atoms with Gasteiger partial charge in [-0.3, -0.25) is 5.41 Å². The Hall–Kier alpha value is -1.85. The fraction of sp³-hybridized carbons (Fsp3) is 0.200. The van der Waals surface area contributed by atoms with E-state index >= 15 is 0 Å². The van der Waals surface area contributed by atoms with E-state index in [1.54, 1.807) is 18.4 Å². The van der Waals surface area contributed by atoms with Crippen LogP contribution in [0.1, 0.15) is 0 Å². The minimum atomic E-state index is 0. The highest BCUT2D eigenvalue weighted by molar-refractivity contribution is 7.21. The number of aromatic nitrogens is 1. The molecule has 0 saturated carbocycles. The number of anilines is 1. The van der Waals surface area contributed by atoms with Crippen molar-refractivity contribution < 1.29 is 17.1 Å². The van der Waals surface area contributed by atoms with Gasteiger partial charge in [0.25, 0.3) is 0 Å². The van der Waals surface area contributed by atoms with Crippen LogP contribution < -0.4 is 27.4 Å². The van der Waals surface area contributed by atoms with Gasteiger partial charge in [0.1, 0.15) is 5.75 Å². The van der Waals surface area contributed by atoms with Gasteiger partial charge in [0.05, 0.1) is 33.3 Å². The molecule has 4 nitrogen and oxygen atoms in total. The van der Waals surface area contributed by atoms with Crippen molar-refractivity contribution in [2.24, 2.45) is 0 Å². The van der Waals surface area contributed by atoms with Crippen LogP contribution in [0, 0.1) is 5.41 Å². The molecule has 0 saturated heterocycles. The molecule has 3 rings (SSSR count). The minimum absolute atomic E-state index is 0. The molecule has 0 atom stereocenters. The number of halogens is 1. The van der Waals surface area contributed by atoms with E-state index in [0.717, 1.165) is 26.5 Å². The average molecular weight is 321 g/mol. The molecular formula is C15H15ClN3OS-. The van der Waals surface area contributed by atoms with Crippen molar-refractivity contribution in [2.45, 2.75) is 0 Å². The van der Waals surface area contributed by atoms with Gasteiger partial charge in [-0.2, -0.15) is 0 Å². The van der Waals surface area contributed by atoms with E-state index in [9.17, 15) is 0 Å². The van der Waals surface area contributed by atoms with E-state index in [2.05, 4.69) is 22.0 Å². The number of nitrogens with one attached hydrogen (secondary N) is 1. The van der Waals surface area contributed by atoms with Crippen LogP contribution in [0.5, 0.6) is 5.75 Å². The van der Waals surface area contributed by atoms with Gasteiger partial charge in [-0.1, -0.05) is 0 Å². The fourth-order valence-corrected chi connectivity index (χ4v) is 3.11. The summed E-state index contributed by atoms with van der Waals surface area (Å²) in [6, 6.07) is 9.85. The average Bonchev–Trinajstić information content (AvgIpc) is 2.43. The highest BCUT2D eigenvalue weighted by Gasteiger charge is 2.11. The Kier molecular flexibility index (Phi) is 4.34. The van der Waals surface area contributed by atoms with Crippen molar-refractivity contribution in [1.29, 1.82) is 5.41 Å². The molecule has 110 valence electrons. The molecule has 2 aliphatic rings. The van der Waals surface area contributed by atoms with Gasteiger partial charge in [-0.15, -0.1) is 11.3 Å². The summed E-state index contributed by atoms with van der Waals surface area (Å²) in [6.45, 7) is 0. The maximum Gasteiger partial charge on any atom is 0.145 e. The Labute approximate surface area is 133 Å². The first kappa shape index (κ1) is 15.5. The van der Waals surface area contributed by atoms with Gasteiger partial charge in [0.15, 0.2) is 0 Å². The molecule has 1 aliphatic heterocycles. The number of nitrogens with zero attached hydrogens (tertiary/aromatic N) is 2. The van der Waals surface area contributed by atoms with Crippen LogP contribution in [0.25, 0.3) is 20.8 Å². The fourth-order valence-electron chi connectivity index (χ4n) is 2.09. The zero-order chi connectivity index (χ0) is 14.3. The lowest BCUT2D eigenvalue weighted by atomic mass is 10.2. The quantitative estimate of drug-likeness (QED) is 0.674. The summed E-state index contributed by atoms with van der Waals surface area (Å²) in [5.41, 5.74) is 2.98. The van der Waals surface area contributed by atoms with Crippen LogP contribution in [0.2, 0.25) is 0 Å².